The van der Waals surface area contributed by atoms with Gasteiger partial charge >= 0.3 is 0 Å². The second kappa shape index (κ2) is 8.82. The minimum atomic E-state index is -0.364. The summed E-state index contributed by atoms with van der Waals surface area (Å²) in [5.74, 6) is 1.18. The molecule has 1 aromatic rings. The second-order valence-electron chi connectivity index (χ2n) is 11.2. The van der Waals surface area contributed by atoms with Gasteiger partial charge in [0.1, 0.15) is 0 Å². The quantitative estimate of drug-likeness (QED) is 0.646. The molecular weight excluding hydrogens is 372 g/mol. The van der Waals surface area contributed by atoms with Gasteiger partial charge in [0, 0.05) is 35.5 Å². The average molecular weight is 413 g/mol. The van der Waals surface area contributed by atoms with Gasteiger partial charge in [-0.3, -0.25) is 14.5 Å². The molecule has 0 saturated carbocycles. The molecule has 166 valence electrons. The number of benzene rings is 1. The number of carbonyl (C=O) groups excluding carboxylic acids is 2. The molecule has 2 heterocycles. The molecule has 4 heteroatoms. The normalized spacial score (nSPS) is 20.4. The van der Waals surface area contributed by atoms with Crippen LogP contribution in [0.5, 0.6) is 0 Å². The predicted molar refractivity (Wildman–Crippen MR) is 123 cm³/mol. The fourth-order valence-corrected chi connectivity index (χ4v) is 4.86. The third-order valence-electron chi connectivity index (χ3n) is 6.90. The Balaban J connectivity index is 1.55. The summed E-state index contributed by atoms with van der Waals surface area (Å²) in [4.78, 5) is 30.3. The third kappa shape index (κ3) is 5.32. The Morgan fingerprint density at radius 3 is 2.00 bits per heavy atom. The van der Waals surface area contributed by atoms with E-state index in [2.05, 4.69) is 42.7 Å². The van der Waals surface area contributed by atoms with Crippen LogP contribution in [-0.2, 0) is 4.79 Å². The van der Waals surface area contributed by atoms with Gasteiger partial charge in [-0.15, -0.1) is 0 Å². The molecule has 2 aliphatic rings. The molecule has 3 rings (SSSR count). The summed E-state index contributed by atoms with van der Waals surface area (Å²) >= 11 is 0. The van der Waals surface area contributed by atoms with Gasteiger partial charge < -0.3 is 4.90 Å². The Morgan fingerprint density at radius 1 is 0.867 bits per heavy atom. The first-order chi connectivity index (χ1) is 14.0. The number of Topliss-reactive ketones (excluding diaryl/α,β-unsaturated/α-hetero) is 1. The fourth-order valence-electron chi connectivity index (χ4n) is 4.86. The molecule has 30 heavy (non-hydrogen) atoms. The van der Waals surface area contributed by atoms with Crippen LogP contribution in [0.4, 0.5) is 0 Å². The number of amides is 1. The Kier molecular flexibility index (Phi) is 6.76. The van der Waals surface area contributed by atoms with E-state index in [1.165, 1.54) is 5.56 Å². The van der Waals surface area contributed by atoms with Crippen LogP contribution in [0.3, 0.4) is 0 Å². The van der Waals surface area contributed by atoms with Crippen LogP contribution in [0.15, 0.2) is 24.3 Å². The molecule has 1 aromatic carbocycles. The van der Waals surface area contributed by atoms with Crippen molar-refractivity contribution in [1.82, 2.24) is 9.80 Å². The lowest BCUT2D eigenvalue weighted by Gasteiger charge is -2.42. The molecule has 0 aromatic heterocycles. The van der Waals surface area contributed by atoms with Gasteiger partial charge in [0.25, 0.3) is 0 Å². The maximum Gasteiger partial charge on any atom is 0.225 e. The van der Waals surface area contributed by atoms with E-state index in [-0.39, 0.29) is 22.7 Å². The number of likely N-dealkylation sites (tertiary alicyclic amines) is 2. The molecule has 2 aliphatic heterocycles. The summed E-state index contributed by atoms with van der Waals surface area (Å²) in [6, 6.07) is 8.16. The van der Waals surface area contributed by atoms with Gasteiger partial charge in [-0.2, -0.15) is 0 Å². The van der Waals surface area contributed by atoms with Crippen LogP contribution in [0.1, 0.15) is 89.1 Å². The first-order valence-electron chi connectivity index (χ1n) is 11.7. The van der Waals surface area contributed by atoms with Crippen LogP contribution in [-0.4, -0.2) is 53.2 Å². The van der Waals surface area contributed by atoms with E-state index in [1.54, 1.807) is 0 Å². The van der Waals surface area contributed by atoms with Gasteiger partial charge in [0.05, 0.1) is 0 Å². The van der Waals surface area contributed by atoms with Crippen molar-refractivity contribution >= 4 is 11.7 Å². The second-order valence-corrected chi connectivity index (χ2v) is 11.2. The molecule has 0 spiro atoms. The van der Waals surface area contributed by atoms with Gasteiger partial charge in [-0.1, -0.05) is 39.0 Å². The molecule has 0 radical (unpaired) electrons. The Labute approximate surface area is 183 Å². The summed E-state index contributed by atoms with van der Waals surface area (Å²) in [5, 5.41) is 0. The minimum absolute atomic E-state index is 0.188. The van der Waals surface area contributed by atoms with E-state index in [9.17, 15) is 9.59 Å². The zero-order valence-electron chi connectivity index (χ0n) is 19.8. The first-order valence-corrected chi connectivity index (χ1v) is 11.7. The summed E-state index contributed by atoms with van der Waals surface area (Å²) in [6.07, 6.45) is 3.93. The van der Waals surface area contributed by atoms with E-state index in [4.69, 9.17) is 0 Å². The number of hydrogen-bond acceptors (Lipinski definition) is 3. The molecule has 0 aliphatic carbocycles. The van der Waals surface area contributed by atoms with E-state index in [1.807, 2.05) is 32.9 Å². The molecule has 0 bridgehead atoms. The standard InChI is InChI=1S/C26H40N2O2/c1-25(2,3)23(29)22-9-7-8-21(18-22)19-10-14-27(15-11-19)24(30)20-12-16-28(17-13-20)26(4,5)6/h7-9,18-20H,10-17H2,1-6H3. The monoisotopic (exact) mass is 412 g/mol. The van der Waals surface area contributed by atoms with Crippen molar-refractivity contribution in [2.24, 2.45) is 11.3 Å². The van der Waals surface area contributed by atoms with Crippen molar-refractivity contribution < 1.29 is 9.59 Å². The maximum absolute atomic E-state index is 13.1. The topological polar surface area (TPSA) is 40.6 Å². The van der Waals surface area contributed by atoms with Crippen molar-refractivity contribution in [3.63, 3.8) is 0 Å². The fraction of sp³-hybridized carbons (Fsp3) is 0.692. The number of piperidine rings is 2. The van der Waals surface area contributed by atoms with Crippen molar-refractivity contribution in [2.45, 2.75) is 78.7 Å². The van der Waals surface area contributed by atoms with E-state index >= 15 is 0 Å². The predicted octanol–water partition coefficient (Wildman–Crippen LogP) is 5.13. The first kappa shape index (κ1) is 23.0. The lowest BCUT2D eigenvalue weighted by molar-refractivity contribution is -0.138. The highest BCUT2D eigenvalue weighted by atomic mass is 16.2. The highest BCUT2D eigenvalue weighted by Crippen LogP contribution is 2.32. The molecule has 2 fully saturated rings. The molecule has 0 unspecified atom stereocenters. The van der Waals surface area contributed by atoms with Gasteiger partial charge in [0.2, 0.25) is 5.91 Å². The Morgan fingerprint density at radius 2 is 1.47 bits per heavy atom. The highest BCUT2D eigenvalue weighted by Gasteiger charge is 2.34. The number of hydrogen-bond donors (Lipinski definition) is 0. The SMILES string of the molecule is CC(C)(C)C(=O)c1cccc(C2CCN(C(=O)C3CCN(C(C)(C)C)CC3)CC2)c1. The zero-order valence-corrected chi connectivity index (χ0v) is 19.8. The lowest BCUT2D eigenvalue weighted by atomic mass is 9.83. The number of rotatable bonds is 3. The maximum atomic E-state index is 13.1. The molecule has 0 N–H and O–H groups in total. The zero-order chi connectivity index (χ0) is 22.1. The van der Waals surface area contributed by atoms with Gasteiger partial charge in [-0.05, 0) is 77.1 Å². The number of carbonyl (C=O) groups is 2. The Hall–Kier alpha value is -1.68. The lowest BCUT2D eigenvalue weighted by Crippen LogP contribution is -2.49. The van der Waals surface area contributed by atoms with Crippen LogP contribution in [0.25, 0.3) is 0 Å². The highest BCUT2D eigenvalue weighted by molar-refractivity contribution is 5.99. The third-order valence-corrected chi connectivity index (χ3v) is 6.90. The smallest absolute Gasteiger partial charge is 0.225 e. The molecule has 1 amide bonds. The van der Waals surface area contributed by atoms with Crippen LogP contribution < -0.4 is 0 Å². The minimum Gasteiger partial charge on any atom is -0.342 e. The number of nitrogens with zero attached hydrogens (tertiary/aromatic N) is 2. The summed E-state index contributed by atoms with van der Waals surface area (Å²) in [6.45, 7) is 16.4. The molecular formula is C26H40N2O2. The van der Waals surface area contributed by atoms with E-state index < -0.39 is 0 Å². The molecule has 2 saturated heterocycles. The van der Waals surface area contributed by atoms with E-state index in [0.717, 1.165) is 57.4 Å². The van der Waals surface area contributed by atoms with E-state index in [0.29, 0.717) is 11.8 Å². The van der Waals surface area contributed by atoms with Crippen LogP contribution in [0, 0.1) is 11.3 Å². The Bertz CT molecular complexity index is 756. The summed E-state index contributed by atoms with van der Waals surface area (Å²) < 4.78 is 0. The molecule has 0 atom stereocenters. The van der Waals surface area contributed by atoms with Crippen molar-refractivity contribution in [3.8, 4) is 0 Å². The summed E-state index contributed by atoms with van der Waals surface area (Å²) in [7, 11) is 0. The van der Waals surface area contributed by atoms with Crippen molar-refractivity contribution in [3.05, 3.63) is 35.4 Å². The van der Waals surface area contributed by atoms with Crippen LogP contribution >= 0.6 is 0 Å². The molecule has 4 nitrogen and oxygen atoms in total. The largest absolute Gasteiger partial charge is 0.342 e. The number of ketones is 1. The van der Waals surface area contributed by atoms with Gasteiger partial charge in [0.15, 0.2) is 5.78 Å². The van der Waals surface area contributed by atoms with Crippen molar-refractivity contribution in [2.75, 3.05) is 26.2 Å². The van der Waals surface area contributed by atoms with Crippen molar-refractivity contribution in [1.29, 1.82) is 0 Å². The van der Waals surface area contributed by atoms with Crippen LogP contribution in [0.2, 0.25) is 0 Å². The summed E-state index contributed by atoms with van der Waals surface area (Å²) in [5.41, 5.74) is 1.88. The van der Waals surface area contributed by atoms with Gasteiger partial charge in [-0.25, -0.2) is 0 Å². The average Bonchev–Trinajstić information content (AvgIpc) is 2.71.